The molecule has 0 fully saturated rings. The van der Waals surface area contributed by atoms with Gasteiger partial charge >= 0.3 is 29.6 Å². The van der Waals surface area contributed by atoms with Gasteiger partial charge in [-0.15, -0.1) is 0 Å². The van der Waals surface area contributed by atoms with Crippen LogP contribution in [0.3, 0.4) is 0 Å². The number of carboxylic acid groups (broad SMARTS) is 1. The third kappa shape index (κ3) is 2.47. The van der Waals surface area contributed by atoms with E-state index in [4.69, 9.17) is 0 Å². The Labute approximate surface area is 94.6 Å². The van der Waals surface area contributed by atoms with Crippen LogP contribution in [0.4, 0.5) is 0 Å². The zero-order valence-corrected chi connectivity index (χ0v) is 9.70. The van der Waals surface area contributed by atoms with E-state index in [0.717, 1.165) is 5.57 Å². The van der Waals surface area contributed by atoms with Gasteiger partial charge < -0.3 is 9.90 Å². The Balaban J connectivity index is 0.00000121. The summed E-state index contributed by atoms with van der Waals surface area (Å²) in [6.45, 7) is 3.83. The molecule has 0 aliphatic heterocycles. The van der Waals surface area contributed by atoms with Gasteiger partial charge in [0.1, 0.15) is 0 Å². The average Bonchev–Trinajstić information content (AvgIpc) is 1.94. The second-order valence-electron chi connectivity index (χ2n) is 2.93. The predicted molar refractivity (Wildman–Crippen MR) is 40.6 cm³/mol. The number of aliphatic carboxylic acids is 1. The SMILES string of the molecule is CC1=CC=CC(C(=O)[O-])C1C.[Na+]. The van der Waals surface area contributed by atoms with Crippen LogP contribution in [0, 0.1) is 11.8 Å². The van der Waals surface area contributed by atoms with Gasteiger partial charge in [0.15, 0.2) is 0 Å². The van der Waals surface area contributed by atoms with Gasteiger partial charge in [0.25, 0.3) is 0 Å². The van der Waals surface area contributed by atoms with Gasteiger partial charge in [0, 0.05) is 11.9 Å². The number of carbonyl (C=O) groups is 1. The molecule has 0 aromatic rings. The molecule has 0 aromatic heterocycles. The molecule has 0 bridgehead atoms. The topological polar surface area (TPSA) is 40.1 Å². The third-order valence-electron chi connectivity index (χ3n) is 2.21. The Morgan fingerprint density at radius 2 is 2.17 bits per heavy atom. The molecule has 0 spiro atoms. The maximum absolute atomic E-state index is 10.5. The Bertz CT molecular complexity index is 231. The van der Waals surface area contributed by atoms with E-state index in [-0.39, 0.29) is 35.5 Å². The molecule has 0 saturated carbocycles. The quantitative estimate of drug-likeness (QED) is 0.413. The van der Waals surface area contributed by atoms with Gasteiger partial charge in [0.05, 0.1) is 0 Å². The van der Waals surface area contributed by atoms with Crippen LogP contribution in [0.2, 0.25) is 0 Å². The maximum Gasteiger partial charge on any atom is 1.00 e. The van der Waals surface area contributed by atoms with Crippen molar-refractivity contribution in [2.45, 2.75) is 13.8 Å². The minimum atomic E-state index is -0.985. The summed E-state index contributed by atoms with van der Waals surface area (Å²) in [5.41, 5.74) is 1.10. The molecular weight excluding hydrogens is 163 g/mol. The molecule has 2 atom stereocenters. The Kier molecular flexibility index (Phi) is 4.83. The van der Waals surface area contributed by atoms with E-state index < -0.39 is 11.9 Å². The van der Waals surface area contributed by atoms with Crippen LogP contribution in [0.5, 0.6) is 0 Å². The van der Waals surface area contributed by atoms with Crippen molar-refractivity contribution in [1.29, 1.82) is 0 Å². The van der Waals surface area contributed by atoms with Crippen molar-refractivity contribution in [3.63, 3.8) is 0 Å². The van der Waals surface area contributed by atoms with E-state index in [1.807, 2.05) is 19.9 Å². The molecule has 60 valence electrons. The van der Waals surface area contributed by atoms with Crippen molar-refractivity contribution in [3.05, 3.63) is 23.8 Å². The normalized spacial score (nSPS) is 27.3. The molecule has 0 heterocycles. The van der Waals surface area contributed by atoms with E-state index in [1.54, 1.807) is 12.2 Å². The van der Waals surface area contributed by atoms with E-state index in [2.05, 4.69) is 0 Å². The molecule has 1 aliphatic carbocycles. The third-order valence-corrected chi connectivity index (χ3v) is 2.21. The second kappa shape index (κ2) is 4.85. The van der Waals surface area contributed by atoms with Crippen molar-refractivity contribution in [2.75, 3.05) is 0 Å². The summed E-state index contributed by atoms with van der Waals surface area (Å²) >= 11 is 0. The van der Waals surface area contributed by atoms with Crippen LogP contribution in [0.15, 0.2) is 23.8 Å². The summed E-state index contributed by atoms with van der Waals surface area (Å²) in [6, 6.07) is 0. The van der Waals surface area contributed by atoms with Gasteiger partial charge in [-0.25, -0.2) is 0 Å². The minimum absolute atomic E-state index is 0. The van der Waals surface area contributed by atoms with Gasteiger partial charge in [0.2, 0.25) is 0 Å². The fourth-order valence-electron chi connectivity index (χ4n) is 1.21. The fraction of sp³-hybridized carbons (Fsp3) is 0.444. The maximum atomic E-state index is 10.5. The Hall–Kier alpha value is -0.0500. The molecule has 0 saturated heterocycles. The van der Waals surface area contributed by atoms with Crippen LogP contribution in [0.1, 0.15) is 13.8 Å². The van der Waals surface area contributed by atoms with Crippen molar-refractivity contribution in [3.8, 4) is 0 Å². The van der Waals surface area contributed by atoms with Crippen LogP contribution < -0.4 is 34.7 Å². The summed E-state index contributed by atoms with van der Waals surface area (Å²) in [6.07, 6.45) is 5.38. The smallest absolute Gasteiger partial charge is 0.549 e. The van der Waals surface area contributed by atoms with Crippen molar-refractivity contribution < 1.29 is 39.5 Å². The van der Waals surface area contributed by atoms with Gasteiger partial charge in [-0.2, -0.15) is 0 Å². The van der Waals surface area contributed by atoms with Crippen LogP contribution in [0.25, 0.3) is 0 Å². The predicted octanol–water partition coefficient (Wildman–Crippen LogP) is -2.49. The Morgan fingerprint density at radius 1 is 1.58 bits per heavy atom. The Morgan fingerprint density at radius 3 is 2.58 bits per heavy atom. The number of hydrogen-bond donors (Lipinski definition) is 0. The summed E-state index contributed by atoms with van der Waals surface area (Å²) in [5, 5.41) is 10.5. The van der Waals surface area contributed by atoms with E-state index in [0.29, 0.717) is 0 Å². The van der Waals surface area contributed by atoms with E-state index in [1.165, 1.54) is 0 Å². The largest absolute Gasteiger partial charge is 1.00 e. The number of carbonyl (C=O) groups excluding carboxylic acids is 1. The zero-order chi connectivity index (χ0) is 8.43. The van der Waals surface area contributed by atoms with Crippen LogP contribution in [-0.4, -0.2) is 5.97 Å². The number of rotatable bonds is 1. The molecule has 2 nitrogen and oxygen atoms in total. The van der Waals surface area contributed by atoms with Crippen LogP contribution >= 0.6 is 0 Å². The number of carboxylic acids is 1. The molecule has 3 heteroatoms. The summed E-state index contributed by atoms with van der Waals surface area (Å²) < 4.78 is 0. The van der Waals surface area contributed by atoms with Crippen LogP contribution in [-0.2, 0) is 4.79 Å². The van der Waals surface area contributed by atoms with E-state index in [9.17, 15) is 9.90 Å². The first-order valence-corrected chi connectivity index (χ1v) is 3.68. The molecule has 2 unspecified atom stereocenters. The first-order chi connectivity index (χ1) is 5.13. The number of allylic oxidation sites excluding steroid dienone is 3. The molecular formula is C9H11NaO2. The van der Waals surface area contributed by atoms with Crippen molar-refractivity contribution >= 4 is 5.97 Å². The van der Waals surface area contributed by atoms with E-state index >= 15 is 0 Å². The second-order valence-corrected chi connectivity index (χ2v) is 2.93. The van der Waals surface area contributed by atoms with Gasteiger partial charge in [-0.1, -0.05) is 30.7 Å². The number of hydrogen-bond acceptors (Lipinski definition) is 2. The summed E-state index contributed by atoms with van der Waals surface area (Å²) in [7, 11) is 0. The average molecular weight is 174 g/mol. The molecule has 0 amide bonds. The molecule has 12 heavy (non-hydrogen) atoms. The first kappa shape index (κ1) is 11.9. The molecule has 0 N–H and O–H groups in total. The first-order valence-electron chi connectivity index (χ1n) is 3.68. The molecule has 1 rings (SSSR count). The molecule has 1 aliphatic rings. The summed E-state index contributed by atoms with van der Waals surface area (Å²) in [4.78, 5) is 10.5. The van der Waals surface area contributed by atoms with Gasteiger partial charge in [-0.3, -0.25) is 0 Å². The van der Waals surface area contributed by atoms with Crippen molar-refractivity contribution in [2.24, 2.45) is 11.8 Å². The zero-order valence-electron chi connectivity index (χ0n) is 7.70. The molecule has 0 radical (unpaired) electrons. The van der Waals surface area contributed by atoms with Crippen molar-refractivity contribution in [1.82, 2.24) is 0 Å². The summed E-state index contributed by atoms with van der Waals surface area (Å²) in [5.74, 6) is -1.36. The minimum Gasteiger partial charge on any atom is -0.549 e. The standard InChI is InChI=1S/C9H12O2.Na/c1-6-4-3-5-8(7(6)2)9(10)11;/h3-5,7-8H,1-2H3,(H,10,11);/q;+1/p-1. The van der Waals surface area contributed by atoms with Gasteiger partial charge in [-0.05, 0) is 12.8 Å². The molecule has 0 aromatic carbocycles. The monoisotopic (exact) mass is 174 g/mol. The fourth-order valence-corrected chi connectivity index (χ4v) is 1.21.